The number of carboxylic acids is 1. The molecule has 0 radical (unpaired) electrons. The van der Waals surface area contributed by atoms with Gasteiger partial charge in [-0.3, -0.25) is 4.79 Å². The third-order valence-electron chi connectivity index (χ3n) is 3.85. The minimum Gasteiger partial charge on any atom is -0.494 e. The molecule has 1 atom stereocenters. The summed E-state index contributed by atoms with van der Waals surface area (Å²) in [5.74, 6) is -0.456. The summed E-state index contributed by atoms with van der Waals surface area (Å²) in [7, 11) is 0. The zero-order chi connectivity index (χ0) is 17.0. The molecule has 1 heterocycles. The van der Waals surface area contributed by atoms with Crippen molar-refractivity contribution in [3.63, 3.8) is 0 Å². The van der Waals surface area contributed by atoms with Gasteiger partial charge in [0.15, 0.2) is 0 Å². The highest BCUT2D eigenvalue weighted by atomic mass is 16.5. The molecule has 23 heavy (non-hydrogen) atoms. The Balaban J connectivity index is 2.42. The van der Waals surface area contributed by atoms with Crippen LogP contribution in [0, 0.1) is 5.92 Å². The van der Waals surface area contributed by atoms with E-state index in [0.717, 1.165) is 24.0 Å². The summed E-state index contributed by atoms with van der Waals surface area (Å²) < 4.78 is 6.94. The Morgan fingerprint density at radius 3 is 2.65 bits per heavy atom. The lowest BCUT2D eigenvalue weighted by molar-refractivity contribution is -0.142. The molecule has 1 aromatic heterocycles. The summed E-state index contributed by atoms with van der Waals surface area (Å²) in [6.07, 6.45) is 3.59. The largest absolute Gasteiger partial charge is 0.494 e. The molecule has 1 aromatic carbocycles. The molecule has 5 nitrogen and oxygen atoms in total. The number of carbonyl (C=O) groups is 1. The first-order chi connectivity index (χ1) is 11.0. The van der Waals surface area contributed by atoms with Crippen molar-refractivity contribution in [3.8, 4) is 5.75 Å². The zero-order valence-corrected chi connectivity index (χ0v) is 13.8. The quantitative estimate of drug-likeness (QED) is 0.794. The van der Waals surface area contributed by atoms with Crippen LogP contribution in [0.4, 0.5) is 0 Å². The highest BCUT2D eigenvalue weighted by Gasteiger charge is 2.24. The van der Waals surface area contributed by atoms with Crippen LogP contribution >= 0.6 is 0 Å². The Bertz CT molecular complexity index is 748. The third kappa shape index (κ3) is 3.73. The van der Waals surface area contributed by atoms with E-state index in [1.165, 1.54) is 4.57 Å². The fourth-order valence-electron chi connectivity index (χ4n) is 2.61. The van der Waals surface area contributed by atoms with Gasteiger partial charge in [0.1, 0.15) is 11.8 Å². The lowest BCUT2D eigenvalue weighted by Crippen LogP contribution is -2.32. The number of unbranched alkanes of at least 4 members (excludes halogenated alkanes) is 1. The summed E-state index contributed by atoms with van der Waals surface area (Å²) in [5, 5.41) is 10.6. The van der Waals surface area contributed by atoms with E-state index in [2.05, 4.69) is 6.92 Å². The van der Waals surface area contributed by atoms with Crippen LogP contribution in [-0.4, -0.2) is 22.2 Å². The van der Waals surface area contributed by atoms with Crippen LogP contribution in [0.25, 0.3) is 10.8 Å². The van der Waals surface area contributed by atoms with E-state index in [1.807, 2.05) is 6.07 Å². The van der Waals surface area contributed by atoms with E-state index in [0.29, 0.717) is 12.0 Å². The molecule has 0 spiro atoms. The molecule has 2 rings (SSSR count). The maximum absolute atomic E-state index is 12.6. The van der Waals surface area contributed by atoms with Crippen molar-refractivity contribution in [2.75, 3.05) is 6.61 Å². The number of aliphatic carboxylic acids is 1. The summed E-state index contributed by atoms with van der Waals surface area (Å²) in [5.41, 5.74) is -0.288. The van der Waals surface area contributed by atoms with Crippen LogP contribution in [-0.2, 0) is 4.79 Å². The average molecular weight is 317 g/mol. The van der Waals surface area contributed by atoms with Gasteiger partial charge < -0.3 is 14.4 Å². The van der Waals surface area contributed by atoms with E-state index in [4.69, 9.17) is 4.74 Å². The molecular formula is C18H23NO4. The predicted molar refractivity (Wildman–Crippen MR) is 90.1 cm³/mol. The molecular weight excluding hydrogens is 294 g/mol. The maximum atomic E-state index is 12.6. The SMILES string of the molecule is CCCCOc1ccc2c(=O)n(C(C(=O)O)C(C)C)ccc2c1. The molecule has 0 aliphatic rings. The number of hydrogen-bond acceptors (Lipinski definition) is 3. The molecule has 0 aliphatic heterocycles. The van der Waals surface area contributed by atoms with Crippen molar-refractivity contribution in [3.05, 3.63) is 40.8 Å². The Hall–Kier alpha value is -2.30. The number of ether oxygens (including phenoxy) is 1. The second-order valence-electron chi connectivity index (χ2n) is 6.01. The van der Waals surface area contributed by atoms with Gasteiger partial charge in [-0.25, -0.2) is 4.79 Å². The normalized spacial score (nSPS) is 12.5. The van der Waals surface area contributed by atoms with Gasteiger partial charge in [-0.1, -0.05) is 27.2 Å². The molecule has 1 N–H and O–H groups in total. The van der Waals surface area contributed by atoms with E-state index in [-0.39, 0.29) is 11.5 Å². The summed E-state index contributed by atoms with van der Waals surface area (Å²) in [6.45, 7) is 6.33. The van der Waals surface area contributed by atoms with Crippen LogP contribution in [0.1, 0.15) is 39.7 Å². The van der Waals surface area contributed by atoms with Gasteiger partial charge >= 0.3 is 5.97 Å². The van der Waals surface area contributed by atoms with Crippen LogP contribution in [0.3, 0.4) is 0 Å². The number of aromatic nitrogens is 1. The Kier molecular flexibility index (Phi) is 5.42. The number of carboxylic acid groups (broad SMARTS) is 1. The number of benzene rings is 1. The van der Waals surface area contributed by atoms with Crippen molar-refractivity contribution in [1.29, 1.82) is 0 Å². The monoisotopic (exact) mass is 317 g/mol. The van der Waals surface area contributed by atoms with Crippen molar-refractivity contribution < 1.29 is 14.6 Å². The van der Waals surface area contributed by atoms with E-state index < -0.39 is 12.0 Å². The molecule has 0 fully saturated rings. The number of pyridine rings is 1. The highest BCUT2D eigenvalue weighted by molar-refractivity contribution is 5.83. The van der Waals surface area contributed by atoms with Crippen LogP contribution < -0.4 is 10.3 Å². The minimum atomic E-state index is -0.999. The topological polar surface area (TPSA) is 68.5 Å². The standard InChI is InChI=1S/C18H23NO4/c1-4-5-10-23-14-6-7-15-13(11-14)8-9-19(17(15)20)16(12(2)3)18(21)22/h6-9,11-12,16H,4-5,10H2,1-3H3,(H,21,22). The first-order valence-electron chi connectivity index (χ1n) is 7.96. The smallest absolute Gasteiger partial charge is 0.327 e. The Labute approximate surface area is 135 Å². The predicted octanol–water partition coefficient (Wildman–Crippen LogP) is 3.46. The number of nitrogens with zero attached hydrogens (tertiary/aromatic N) is 1. The molecule has 0 saturated carbocycles. The van der Waals surface area contributed by atoms with Crippen molar-refractivity contribution in [2.24, 2.45) is 5.92 Å². The van der Waals surface area contributed by atoms with Crippen LogP contribution in [0.5, 0.6) is 5.75 Å². The van der Waals surface area contributed by atoms with Crippen molar-refractivity contribution in [1.82, 2.24) is 4.57 Å². The second kappa shape index (κ2) is 7.31. The first kappa shape index (κ1) is 17.1. The number of rotatable bonds is 7. The Morgan fingerprint density at radius 1 is 1.30 bits per heavy atom. The number of fused-ring (bicyclic) bond motifs is 1. The summed E-state index contributed by atoms with van der Waals surface area (Å²) in [6, 6.07) is 6.18. The van der Waals surface area contributed by atoms with Gasteiger partial charge in [-0.05, 0) is 42.0 Å². The second-order valence-corrected chi connectivity index (χ2v) is 6.01. The average Bonchev–Trinajstić information content (AvgIpc) is 2.49. The van der Waals surface area contributed by atoms with E-state index in [9.17, 15) is 14.7 Å². The molecule has 0 amide bonds. The third-order valence-corrected chi connectivity index (χ3v) is 3.85. The molecule has 0 bridgehead atoms. The molecule has 0 aliphatic carbocycles. The lowest BCUT2D eigenvalue weighted by Gasteiger charge is -2.19. The van der Waals surface area contributed by atoms with Gasteiger partial charge in [0.25, 0.3) is 5.56 Å². The highest BCUT2D eigenvalue weighted by Crippen LogP contribution is 2.21. The van der Waals surface area contributed by atoms with Crippen LogP contribution in [0.2, 0.25) is 0 Å². The van der Waals surface area contributed by atoms with Gasteiger partial charge in [0.05, 0.1) is 6.61 Å². The van der Waals surface area contributed by atoms with Gasteiger partial charge in [-0.2, -0.15) is 0 Å². The Morgan fingerprint density at radius 2 is 2.04 bits per heavy atom. The van der Waals surface area contributed by atoms with Gasteiger partial charge in [0.2, 0.25) is 0 Å². The molecule has 0 saturated heterocycles. The van der Waals surface area contributed by atoms with E-state index >= 15 is 0 Å². The van der Waals surface area contributed by atoms with Gasteiger partial charge in [0, 0.05) is 11.6 Å². The molecule has 2 aromatic rings. The van der Waals surface area contributed by atoms with Crippen molar-refractivity contribution >= 4 is 16.7 Å². The fourth-order valence-corrected chi connectivity index (χ4v) is 2.61. The van der Waals surface area contributed by atoms with Gasteiger partial charge in [-0.15, -0.1) is 0 Å². The maximum Gasteiger partial charge on any atom is 0.327 e. The minimum absolute atomic E-state index is 0.181. The number of hydrogen-bond donors (Lipinski definition) is 1. The van der Waals surface area contributed by atoms with Crippen molar-refractivity contribution in [2.45, 2.75) is 39.7 Å². The summed E-state index contributed by atoms with van der Waals surface area (Å²) >= 11 is 0. The molecule has 5 heteroatoms. The molecule has 124 valence electrons. The van der Waals surface area contributed by atoms with E-state index in [1.54, 1.807) is 38.2 Å². The lowest BCUT2D eigenvalue weighted by atomic mass is 10.0. The first-order valence-corrected chi connectivity index (χ1v) is 7.96. The fraction of sp³-hybridized carbons (Fsp3) is 0.444. The van der Waals surface area contributed by atoms with Crippen LogP contribution in [0.15, 0.2) is 35.3 Å². The summed E-state index contributed by atoms with van der Waals surface area (Å²) in [4.78, 5) is 24.1. The molecule has 1 unspecified atom stereocenters. The zero-order valence-electron chi connectivity index (χ0n) is 13.8.